The standard InChI is InChI=1S/C29H37N5O8S2/c1-6-17-43(38,39)33(5)22-14-12-21(13-15-22)18-25(32-44(40,41)23-9-8-16-30-19-23)24-10-7-11-26(31-24)34(20-27(35)36)28(37)42-29(2,3)4/h7-16,19,25,32H,6,17-18,20H2,1-5H3,(H,35,36). The van der Waals surface area contributed by atoms with Crippen molar-refractivity contribution in [2.75, 3.05) is 28.6 Å². The summed E-state index contributed by atoms with van der Waals surface area (Å²) < 4.78 is 60.9. The van der Waals surface area contributed by atoms with Gasteiger partial charge in [-0.15, -0.1) is 0 Å². The quantitative estimate of drug-likeness (QED) is 0.278. The Kier molecular flexibility index (Phi) is 11.1. The highest BCUT2D eigenvalue weighted by atomic mass is 32.2. The fourth-order valence-electron chi connectivity index (χ4n) is 4.08. The van der Waals surface area contributed by atoms with E-state index < -0.39 is 50.3 Å². The number of amides is 1. The number of nitrogens with zero attached hydrogens (tertiary/aromatic N) is 4. The number of nitrogens with one attached hydrogen (secondary N) is 1. The van der Waals surface area contributed by atoms with E-state index in [1.54, 1.807) is 58.0 Å². The van der Waals surface area contributed by atoms with E-state index in [1.807, 2.05) is 0 Å². The van der Waals surface area contributed by atoms with Crippen LogP contribution in [-0.4, -0.2) is 68.9 Å². The molecule has 3 aromatic rings. The van der Waals surface area contributed by atoms with Crippen molar-refractivity contribution in [3.8, 4) is 0 Å². The minimum atomic E-state index is -4.11. The molecule has 0 aliphatic rings. The average Bonchev–Trinajstić information content (AvgIpc) is 2.95. The number of aliphatic carboxylic acids is 1. The molecule has 2 N–H and O–H groups in total. The molecule has 1 amide bonds. The van der Waals surface area contributed by atoms with Crippen LogP contribution >= 0.6 is 0 Å². The van der Waals surface area contributed by atoms with Gasteiger partial charge in [0.25, 0.3) is 0 Å². The van der Waals surface area contributed by atoms with Crippen molar-refractivity contribution in [1.29, 1.82) is 0 Å². The molecule has 1 atom stereocenters. The van der Waals surface area contributed by atoms with Crippen LogP contribution in [0.5, 0.6) is 0 Å². The summed E-state index contributed by atoms with van der Waals surface area (Å²) in [6.07, 6.45) is 2.24. The van der Waals surface area contributed by atoms with E-state index in [0.717, 1.165) is 4.90 Å². The molecule has 0 spiro atoms. The zero-order chi connectivity index (χ0) is 32.7. The van der Waals surface area contributed by atoms with Gasteiger partial charge in [-0.2, -0.15) is 0 Å². The molecular formula is C29H37N5O8S2. The number of benzene rings is 1. The molecule has 0 saturated heterocycles. The predicted molar refractivity (Wildman–Crippen MR) is 165 cm³/mol. The minimum absolute atomic E-state index is 0.00630. The van der Waals surface area contributed by atoms with Crippen molar-refractivity contribution in [3.63, 3.8) is 0 Å². The third kappa shape index (κ3) is 9.46. The maximum Gasteiger partial charge on any atom is 0.416 e. The number of carboxylic acid groups (broad SMARTS) is 1. The minimum Gasteiger partial charge on any atom is -0.480 e. The Morgan fingerprint density at radius 1 is 1.02 bits per heavy atom. The van der Waals surface area contributed by atoms with Gasteiger partial charge in [0.15, 0.2) is 0 Å². The average molecular weight is 648 g/mol. The van der Waals surface area contributed by atoms with Gasteiger partial charge in [0.2, 0.25) is 20.0 Å². The Bertz CT molecular complexity index is 1660. The summed E-state index contributed by atoms with van der Waals surface area (Å²) in [6, 6.07) is 13.0. The highest BCUT2D eigenvalue weighted by Gasteiger charge is 2.28. The summed E-state index contributed by atoms with van der Waals surface area (Å²) in [7, 11) is -6.14. The van der Waals surface area contributed by atoms with Crippen molar-refractivity contribution in [2.45, 2.75) is 57.1 Å². The number of aromatic nitrogens is 2. The van der Waals surface area contributed by atoms with Crippen LogP contribution in [0.3, 0.4) is 0 Å². The van der Waals surface area contributed by atoms with E-state index in [0.29, 0.717) is 17.7 Å². The number of pyridine rings is 2. The summed E-state index contributed by atoms with van der Waals surface area (Å²) in [6.45, 7) is 5.95. The summed E-state index contributed by atoms with van der Waals surface area (Å²) in [5.74, 6) is -1.36. The maximum atomic E-state index is 13.3. The predicted octanol–water partition coefficient (Wildman–Crippen LogP) is 3.74. The second kappa shape index (κ2) is 14.1. The number of rotatable bonds is 13. The molecule has 13 nitrogen and oxygen atoms in total. The smallest absolute Gasteiger partial charge is 0.416 e. The molecule has 0 fully saturated rings. The van der Waals surface area contributed by atoms with Crippen LogP contribution in [0.15, 0.2) is 71.9 Å². The van der Waals surface area contributed by atoms with E-state index >= 15 is 0 Å². The van der Waals surface area contributed by atoms with Gasteiger partial charge in [0, 0.05) is 19.4 Å². The second-order valence-corrected chi connectivity index (χ2v) is 14.7. The largest absolute Gasteiger partial charge is 0.480 e. The number of ether oxygens (including phenoxy) is 1. The number of anilines is 2. The molecule has 2 heterocycles. The number of sulfonamides is 2. The summed E-state index contributed by atoms with van der Waals surface area (Å²) in [4.78, 5) is 33.7. The third-order valence-electron chi connectivity index (χ3n) is 6.16. The number of hydrogen-bond donors (Lipinski definition) is 2. The monoisotopic (exact) mass is 647 g/mol. The normalized spacial score (nSPS) is 12.8. The van der Waals surface area contributed by atoms with Gasteiger partial charge in [-0.05, 0) is 75.6 Å². The molecule has 0 aliphatic heterocycles. The van der Waals surface area contributed by atoms with E-state index in [4.69, 9.17) is 4.74 Å². The molecule has 1 aromatic carbocycles. The van der Waals surface area contributed by atoms with Gasteiger partial charge in [-0.3, -0.25) is 19.0 Å². The lowest BCUT2D eigenvalue weighted by atomic mass is 10.0. The number of hydrogen-bond acceptors (Lipinski definition) is 9. The Hall–Kier alpha value is -4.08. The molecule has 3 rings (SSSR count). The first-order chi connectivity index (χ1) is 20.5. The molecule has 0 bridgehead atoms. The zero-order valence-corrected chi connectivity index (χ0v) is 26.8. The van der Waals surface area contributed by atoms with E-state index in [2.05, 4.69) is 14.7 Å². The van der Waals surface area contributed by atoms with Crippen molar-refractivity contribution >= 4 is 43.6 Å². The van der Waals surface area contributed by atoms with E-state index in [9.17, 15) is 31.5 Å². The Balaban J connectivity index is 2.02. The van der Waals surface area contributed by atoms with Crippen LogP contribution in [0.25, 0.3) is 0 Å². The van der Waals surface area contributed by atoms with Gasteiger partial charge < -0.3 is 9.84 Å². The molecule has 0 aliphatic carbocycles. The number of carbonyl (C=O) groups is 2. The first-order valence-corrected chi connectivity index (χ1v) is 16.8. The molecule has 238 valence electrons. The SMILES string of the molecule is CCCS(=O)(=O)N(C)c1ccc(CC(NS(=O)(=O)c2cccnc2)c2cccc(N(CC(=O)O)C(=O)OC(C)(C)C)n2)cc1. The van der Waals surface area contributed by atoms with Gasteiger partial charge in [-0.25, -0.2) is 31.3 Å². The summed E-state index contributed by atoms with van der Waals surface area (Å²) in [5.41, 5.74) is 0.372. The van der Waals surface area contributed by atoms with E-state index in [-0.39, 0.29) is 28.6 Å². The van der Waals surface area contributed by atoms with Gasteiger partial charge in [0.1, 0.15) is 22.9 Å². The summed E-state index contributed by atoms with van der Waals surface area (Å²) >= 11 is 0. The highest BCUT2D eigenvalue weighted by Crippen LogP contribution is 2.25. The van der Waals surface area contributed by atoms with Crippen molar-refractivity contribution in [1.82, 2.24) is 14.7 Å². The molecular weight excluding hydrogens is 610 g/mol. The van der Waals surface area contributed by atoms with Crippen LogP contribution in [0.4, 0.5) is 16.3 Å². The lowest BCUT2D eigenvalue weighted by Crippen LogP contribution is -2.40. The van der Waals surface area contributed by atoms with Gasteiger partial charge >= 0.3 is 12.1 Å². The lowest BCUT2D eigenvalue weighted by Gasteiger charge is -2.26. The van der Waals surface area contributed by atoms with Crippen LogP contribution < -0.4 is 13.9 Å². The third-order valence-corrected chi connectivity index (χ3v) is 9.58. The molecule has 15 heteroatoms. The molecule has 44 heavy (non-hydrogen) atoms. The Labute approximate surface area is 258 Å². The first kappa shape index (κ1) is 34.4. The van der Waals surface area contributed by atoms with E-state index in [1.165, 1.54) is 48.0 Å². The maximum absolute atomic E-state index is 13.3. The fourth-order valence-corrected chi connectivity index (χ4v) is 6.48. The second-order valence-electron chi connectivity index (χ2n) is 10.9. The fraction of sp³-hybridized carbons (Fsp3) is 0.379. The van der Waals surface area contributed by atoms with Crippen molar-refractivity contribution < 1.29 is 36.3 Å². The number of carboxylic acids is 1. The molecule has 1 unspecified atom stereocenters. The van der Waals surface area contributed by atoms with Crippen LogP contribution in [-0.2, 0) is 36.0 Å². The molecule has 2 aromatic heterocycles. The summed E-state index contributed by atoms with van der Waals surface area (Å²) in [5, 5.41) is 9.47. The van der Waals surface area contributed by atoms with Crippen LogP contribution in [0.2, 0.25) is 0 Å². The van der Waals surface area contributed by atoms with Crippen molar-refractivity contribution in [3.05, 3.63) is 78.2 Å². The highest BCUT2D eigenvalue weighted by molar-refractivity contribution is 7.92. The topological polar surface area (TPSA) is 176 Å². The Morgan fingerprint density at radius 2 is 1.70 bits per heavy atom. The lowest BCUT2D eigenvalue weighted by molar-refractivity contribution is -0.135. The molecule has 0 radical (unpaired) electrons. The van der Waals surface area contributed by atoms with Crippen molar-refractivity contribution in [2.24, 2.45) is 0 Å². The molecule has 0 saturated carbocycles. The van der Waals surface area contributed by atoms with Gasteiger partial charge in [0.05, 0.1) is 23.2 Å². The van der Waals surface area contributed by atoms with Crippen LogP contribution in [0.1, 0.15) is 51.4 Å². The number of carbonyl (C=O) groups excluding carboxylic acids is 1. The van der Waals surface area contributed by atoms with Crippen LogP contribution in [0, 0.1) is 0 Å². The zero-order valence-electron chi connectivity index (χ0n) is 25.2. The van der Waals surface area contributed by atoms with Gasteiger partial charge in [-0.1, -0.05) is 25.1 Å². The Morgan fingerprint density at radius 3 is 2.27 bits per heavy atom. The first-order valence-electron chi connectivity index (χ1n) is 13.7.